The van der Waals surface area contributed by atoms with Gasteiger partial charge in [0.05, 0.1) is 92.5 Å². The average molecular weight is 521 g/mol. The standard InChI is InChI=1S/C27H52O9/c1-3-5-6-7-8-9-10-11-27(28)36-26-25-35-24-23-34-22-21-33-20-19-32-18-17-31-16-15-30-14-13-29-12-4-2/h4H,2-3,5-26H2,1H3. The van der Waals surface area contributed by atoms with Crippen LogP contribution in [0.4, 0.5) is 0 Å². The Balaban J connectivity index is 3.10. The zero-order valence-corrected chi connectivity index (χ0v) is 22.7. The van der Waals surface area contributed by atoms with Gasteiger partial charge in [0.2, 0.25) is 0 Å². The van der Waals surface area contributed by atoms with E-state index in [1.165, 1.54) is 32.1 Å². The third-order valence-corrected chi connectivity index (χ3v) is 4.94. The summed E-state index contributed by atoms with van der Waals surface area (Å²) in [5, 5.41) is 0. The summed E-state index contributed by atoms with van der Waals surface area (Å²) in [7, 11) is 0. The summed E-state index contributed by atoms with van der Waals surface area (Å²) in [4.78, 5) is 11.7. The lowest BCUT2D eigenvalue weighted by atomic mass is 10.1. The van der Waals surface area contributed by atoms with Gasteiger partial charge in [0.1, 0.15) is 6.61 Å². The average Bonchev–Trinajstić information content (AvgIpc) is 2.88. The molecule has 214 valence electrons. The van der Waals surface area contributed by atoms with E-state index in [0.29, 0.717) is 106 Å². The fraction of sp³-hybridized carbons (Fsp3) is 0.889. The lowest BCUT2D eigenvalue weighted by Crippen LogP contribution is -2.15. The molecule has 0 rings (SSSR count). The molecule has 9 nitrogen and oxygen atoms in total. The molecule has 0 radical (unpaired) electrons. The van der Waals surface area contributed by atoms with Gasteiger partial charge in [-0.3, -0.25) is 4.79 Å². The molecule has 0 aromatic heterocycles. The summed E-state index contributed by atoms with van der Waals surface area (Å²) in [6, 6.07) is 0. The van der Waals surface area contributed by atoms with Gasteiger partial charge in [-0.25, -0.2) is 0 Å². The predicted molar refractivity (Wildman–Crippen MR) is 139 cm³/mol. The molecule has 36 heavy (non-hydrogen) atoms. The van der Waals surface area contributed by atoms with Crippen LogP contribution in [0.3, 0.4) is 0 Å². The molecule has 0 aliphatic carbocycles. The van der Waals surface area contributed by atoms with Crippen molar-refractivity contribution in [3.05, 3.63) is 12.7 Å². The molecule has 0 bridgehead atoms. The van der Waals surface area contributed by atoms with Gasteiger partial charge in [0.15, 0.2) is 0 Å². The molecule has 0 aliphatic heterocycles. The van der Waals surface area contributed by atoms with Crippen LogP contribution in [0.25, 0.3) is 0 Å². The molecule has 0 heterocycles. The fourth-order valence-corrected chi connectivity index (χ4v) is 3.00. The Hall–Kier alpha value is -1.07. The van der Waals surface area contributed by atoms with E-state index in [1.807, 2.05) is 0 Å². The molecule has 0 N–H and O–H groups in total. The summed E-state index contributed by atoms with van der Waals surface area (Å²) in [6.07, 6.45) is 10.6. The summed E-state index contributed by atoms with van der Waals surface area (Å²) in [5.41, 5.74) is 0. The highest BCUT2D eigenvalue weighted by molar-refractivity contribution is 5.69. The van der Waals surface area contributed by atoms with Crippen molar-refractivity contribution in [1.82, 2.24) is 0 Å². The third kappa shape index (κ3) is 31.0. The van der Waals surface area contributed by atoms with Crippen molar-refractivity contribution in [2.45, 2.75) is 58.3 Å². The van der Waals surface area contributed by atoms with Crippen LogP contribution in [-0.2, 0) is 42.7 Å². The topological polar surface area (TPSA) is 90.9 Å². The normalized spacial score (nSPS) is 11.1. The minimum atomic E-state index is -0.136. The minimum absolute atomic E-state index is 0.136. The maximum atomic E-state index is 11.7. The van der Waals surface area contributed by atoms with E-state index >= 15 is 0 Å². The summed E-state index contributed by atoms with van der Waals surface area (Å²) >= 11 is 0. The van der Waals surface area contributed by atoms with Crippen molar-refractivity contribution in [2.24, 2.45) is 0 Å². The Morgan fingerprint density at radius 2 is 0.889 bits per heavy atom. The molecule has 0 aliphatic rings. The molecule has 0 saturated heterocycles. The first kappa shape index (κ1) is 34.9. The van der Waals surface area contributed by atoms with E-state index in [1.54, 1.807) is 6.08 Å². The van der Waals surface area contributed by atoms with Crippen molar-refractivity contribution in [2.75, 3.05) is 99.1 Å². The lowest BCUT2D eigenvalue weighted by Gasteiger charge is -2.08. The van der Waals surface area contributed by atoms with Crippen LogP contribution in [-0.4, -0.2) is 105 Å². The SMILES string of the molecule is C=CCOCCOCCOCCOCCOCCOCCOCCOC(=O)CCCCCCCCC. The highest BCUT2D eigenvalue weighted by atomic mass is 16.6. The van der Waals surface area contributed by atoms with Crippen molar-refractivity contribution < 1.29 is 42.7 Å². The number of hydrogen-bond donors (Lipinski definition) is 0. The first-order valence-electron chi connectivity index (χ1n) is 13.6. The maximum absolute atomic E-state index is 11.7. The largest absolute Gasteiger partial charge is 0.463 e. The first-order chi connectivity index (χ1) is 17.8. The van der Waals surface area contributed by atoms with E-state index in [-0.39, 0.29) is 5.97 Å². The van der Waals surface area contributed by atoms with Crippen LogP contribution >= 0.6 is 0 Å². The van der Waals surface area contributed by atoms with Gasteiger partial charge in [-0.1, -0.05) is 51.5 Å². The van der Waals surface area contributed by atoms with Crippen molar-refractivity contribution in [3.63, 3.8) is 0 Å². The fourth-order valence-electron chi connectivity index (χ4n) is 3.00. The minimum Gasteiger partial charge on any atom is -0.463 e. The number of unbranched alkanes of at least 4 members (excludes halogenated alkanes) is 6. The van der Waals surface area contributed by atoms with Crippen LogP contribution in [0.15, 0.2) is 12.7 Å². The number of ether oxygens (including phenoxy) is 8. The first-order valence-corrected chi connectivity index (χ1v) is 13.6. The Kier molecular flexibility index (Phi) is 31.0. The summed E-state index contributed by atoms with van der Waals surface area (Å²) < 4.78 is 42.9. The van der Waals surface area contributed by atoms with Crippen LogP contribution in [0.5, 0.6) is 0 Å². The number of carbonyl (C=O) groups is 1. The lowest BCUT2D eigenvalue weighted by molar-refractivity contribution is -0.145. The van der Waals surface area contributed by atoms with Gasteiger partial charge in [0.25, 0.3) is 0 Å². The maximum Gasteiger partial charge on any atom is 0.305 e. The van der Waals surface area contributed by atoms with Crippen LogP contribution in [0, 0.1) is 0 Å². The molecular formula is C27H52O9. The molecule has 9 heteroatoms. The predicted octanol–water partition coefficient (Wildman–Crippen LogP) is 3.97. The number of hydrogen-bond acceptors (Lipinski definition) is 9. The van der Waals surface area contributed by atoms with Gasteiger partial charge < -0.3 is 37.9 Å². The van der Waals surface area contributed by atoms with Crippen LogP contribution < -0.4 is 0 Å². The highest BCUT2D eigenvalue weighted by Gasteiger charge is 2.02. The molecule has 0 aromatic carbocycles. The smallest absolute Gasteiger partial charge is 0.305 e. The van der Waals surface area contributed by atoms with Gasteiger partial charge >= 0.3 is 5.97 Å². The molecule has 0 fully saturated rings. The number of rotatable bonds is 31. The van der Waals surface area contributed by atoms with E-state index in [2.05, 4.69) is 13.5 Å². The summed E-state index contributed by atoms with van der Waals surface area (Å²) in [6.45, 7) is 13.2. The molecular weight excluding hydrogens is 468 g/mol. The van der Waals surface area contributed by atoms with E-state index in [0.717, 1.165) is 12.8 Å². The molecule has 0 atom stereocenters. The van der Waals surface area contributed by atoms with Crippen molar-refractivity contribution in [1.29, 1.82) is 0 Å². The Morgan fingerprint density at radius 3 is 1.31 bits per heavy atom. The second kappa shape index (κ2) is 32.0. The Labute approximate surface area is 219 Å². The van der Waals surface area contributed by atoms with Gasteiger partial charge in [0, 0.05) is 6.42 Å². The van der Waals surface area contributed by atoms with Crippen molar-refractivity contribution in [3.8, 4) is 0 Å². The zero-order valence-electron chi connectivity index (χ0n) is 22.7. The molecule has 0 amide bonds. The van der Waals surface area contributed by atoms with E-state index in [9.17, 15) is 4.79 Å². The van der Waals surface area contributed by atoms with Gasteiger partial charge in [-0.2, -0.15) is 0 Å². The Morgan fingerprint density at radius 1 is 0.528 bits per heavy atom. The van der Waals surface area contributed by atoms with E-state index in [4.69, 9.17) is 37.9 Å². The number of esters is 1. The monoisotopic (exact) mass is 520 g/mol. The molecule has 0 saturated carbocycles. The second-order valence-electron chi connectivity index (χ2n) is 8.13. The third-order valence-electron chi connectivity index (χ3n) is 4.94. The van der Waals surface area contributed by atoms with Crippen LogP contribution in [0.1, 0.15) is 58.3 Å². The van der Waals surface area contributed by atoms with Crippen molar-refractivity contribution >= 4 is 5.97 Å². The highest BCUT2D eigenvalue weighted by Crippen LogP contribution is 2.08. The molecule has 0 unspecified atom stereocenters. The van der Waals surface area contributed by atoms with Gasteiger partial charge in [-0.05, 0) is 6.42 Å². The number of carbonyl (C=O) groups excluding carboxylic acids is 1. The zero-order chi connectivity index (χ0) is 26.2. The summed E-state index contributed by atoms with van der Waals surface area (Å²) in [5.74, 6) is -0.136. The molecule has 0 aromatic rings. The Bertz CT molecular complexity index is 449. The quantitative estimate of drug-likeness (QED) is 0.0765. The van der Waals surface area contributed by atoms with E-state index < -0.39 is 0 Å². The van der Waals surface area contributed by atoms with Crippen LogP contribution in [0.2, 0.25) is 0 Å². The molecule has 0 spiro atoms. The van der Waals surface area contributed by atoms with Gasteiger partial charge in [-0.15, -0.1) is 6.58 Å². The second-order valence-corrected chi connectivity index (χ2v) is 8.13.